The molecule has 0 saturated heterocycles. The summed E-state index contributed by atoms with van der Waals surface area (Å²) in [6, 6.07) is 7.86. The third kappa shape index (κ3) is 5.18. The number of nitrogens with one attached hydrogen (secondary N) is 1. The molecule has 0 unspecified atom stereocenters. The molecule has 0 aliphatic rings. The minimum Gasteiger partial charge on any atom is -0.342 e. The molecule has 25 heavy (non-hydrogen) atoms. The summed E-state index contributed by atoms with van der Waals surface area (Å²) in [6.45, 7) is 2.73. The van der Waals surface area contributed by atoms with E-state index in [2.05, 4.69) is 17.2 Å². The molecule has 1 N–H and O–H groups in total. The zero-order chi connectivity index (χ0) is 18.4. The number of hydrogen-bond donors (Lipinski definition) is 1. The third-order valence-electron chi connectivity index (χ3n) is 3.61. The molecule has 7 heteroatoms. The number of aromatic nitrogens is 1. The number of amides is 2. The molecule has 0 atom stereocenters. The quantitative estimate of drug-likeness (QED) is 0.802. The Morgan fingerprint density at radius 2 is 1.92 bits per heavy atom. The van der Waals surface area contributed by atoms with E-state index in [0.29, 0.717) is 27.8 Å². The normalized spacial score (nSPS) is 10.4. The highest BCUT2D eigenvalue weighted by Crippen LogP contribution is 2.25. The van der Waals surface area contributed by atoms with Crippen LogP contribution in [0.3, 0.4) is 0 Å². The number of benzene rings is 1. The van der Waals surface area contributed by atoms with Gasteiger partial charge in [-0.1, -0.05) is 36.5 Å². The molecule has 0 aliphatic heterocycles. The van der Waals surface area contributed by atoms with Crippen molar-refractivity contribution in [3.8, 4) is 0 Å². The average Bonchev–Trinajstić information content (AvgIpc) is 2.62. The van der Waals surface area contributed by atoms with E-state index in [-0.39, 0.29) is 11.6 Å². The van der Waals surface area contributed by atoms with Crippen molar-refractivity contribution >= 4 is 40.7 Å². The number of unbranched alkanes of at least 4 members (excludes halogenated alkanes) is 1. The van der Waals surface area contributed by atoms with Crippen LogP contribution in [-0.2, 0) is 0 Å². The second-order valence-corrected chi connectivity index (χ2v) is 6.41. The number of nitrogens with zero attached hydrogens (tertiary/aromatic N) is 2. The van der Waals surface area contributed by atoms with Gasteiger partial charge in [0.05, 0.1) is 10.0 Å². The Hall–Kier alpha value is -2.11. The Bertz CT molecular complexity index is 781. The predicted molar refractivity (Wildman–Crippen MR) is 101 cm³/mol. The van der Waals surface area contributed by atoms with E-state index >= 15 is 0 Å². The fourth-order valence-corrected chi connectivity index (χ4v) is 2.47. The first-order valence-electron chi connectivity index (χ1n) is 7.90. The van der Waals surface area contributed by atoms with Gasteiger partial charge in [0.2, 0.25) is 0 Å². The van der Waals surface area contributed by atoms with Gasteiger partial charge in [0.25, 0.3) is 11.8 Å². The van der Waals surface area contributed by atoms with Crippen LogP contribution in [0.5, 0.6) is 0 Å². The van der Waals surface area contributed by atoms with Gasteiger partial charge < -0.3 is 10.2 Å². The van der Waals surface area contributed by atoms with Crippen molar-refractivity contribution in [2.45, 2.75) is 19.8 Å². The molecule has 132 valence electrons. The lowest BCUT2D eigenvalue weighted by molar-refractivity contribution is 0.0793. The Labute approximate surface area is 157 Å². The lowest BCUT2D eigenvalue weighted by Gasteiger charge is -2.17. The summed E-state index contributed by atoms with van der Waals surface area (Å²) in [7, 11) is 1.74. The zero-order valence-electron chi connectivity index (χ0n) is 14.1. The van der Waals surface area contributed by atoms with Crippen molar-refractivity contribution in [1.29, 1.82) is 0 Å². The second kappa shape index (κ2) is 8.83. The first-order valence-corrected chi connectivity index (χ1v) is 8.66. The summed E-state index contributed by atoms with van der Waals surface area (Å²) in [5, 5.41) is 3.43. The number of carbonyl (C=O) groups excluding carboxylic acids is 2. The standard InChI is InChI=1S/C18H19Cl2N3O2/c1-3-4-9-23(2)18(25)12-7-8-21-16(10-12)17(24)22-13-5-6-14(19)15(20)11-13/h5-8,10-11H,3-4,9H2,1-2H3,(H,22,24). The van der Waals surface area contributed by atoms with Gasteiger partial charge in [0.1, 0.15) is 5.69 Å². The lowest BCUT2D eigenvalue weighted by atomic mass is 10.2. The summed E-state index contributed by atoms with van der Waals surface area (Å²) in [5.74, 6) is -0.566. The monoisotopic (exact) mass is 379 g/mol. The van der Waals surface area contributed by atoms with Crippen LogP contribution in [0.4, 0.5) is 5.69 Å². The molecular weight excluding hydrogens is 361 g/mol. The lowest BCUT2D eigenvalue weighted by Crippen LogP contribution is -2.28. The van der Waals surface area contributed by atoms with Crippen LogP contribution in [0, 0.1) is 0 Å². The van der Waals surface area contributed by atoms with E-state index in [9.17, 15) is 9.59 Å². The van der Waals surface area contributed by atoms with Crippen molar-refractivity contribution in [3.05, 3.63) is 57.8 Å². The molecule has 0 saturated carbocycles. The topological polar surface area (TPSA) is 62.3 Å². The zero-order valence-corrected chi connectivity index (χ0v) is 15.6. The van der Waals surface area contributed by atoms with Crippen molar-refractivity contribution in [3.63, 3.8) is 0 Å². The molecule has 0 aliphatic carbocycles. The summed E-state index contributed by atoms with van der Waals surface area (Å²) in [5.41, 5.74) is 1.08. The van der Waals surface area contributed by atoms with Gasteiger partial charge in [-0.25, -0.2) is 0 Å². The predicted octanol–water partition coefficient (Wildman–Crippen LogP) is 4.51. The van der Waals surface area contributed by atoms with Gasteiger partial charge in [0.15, 0.2) is 0 Å². The Kier molecular flexibility index (Phi) is 6.79. The average molecular weight is 380 g/mol. The van der Waals surface area contributed by atoms with Gasteiger partial charge >= 0.3 is 0 Å². The van der Waals surface area contributed by atoms with Gasteiger partial charge in [-0.2, -0.15) is 0 Å². The largest absolute Gasteiger partial charge is 0.342 e. The van der Waals surface area contributed by atoms with Crippen LogP contribution in [0.1, 0.15) is 40.6 Å². The van der Waals surface area contributed by atoms with Crippen LogP contribution < -0.4 is 5.32 Å². The van der Waals surface area contributed by atoms with E-state index in [4.69, 9.17) is 23.2 Å². The molecule has 0 radical (unpaired) electrons. The summed E-state index contributed by atoms with van der Waals surface area (Å²) >= 11 is 11.8. The minimum atomic E-state index is -0.427. The molecule has 5 nitrogen and oxygen atoms in total. The third-order valence-corrected chi connectivity index (χ3v) is 4.35. The Morgan fingerprint density at radius 1 is 1.16 bits per heavy atom. The summed E-state index contributed by atoms with van der Waals surface area (Å²) < 4.78 is 0. The maximum absolute atomic E-state index is 12.4. The molecule has 1 aromatic carbocycles. The maximum atomic E-state index is 12.4. The molecule has 1 heterocycles. The van der Waals surface area contributed by atoms with Gasteiger partial charge in [-0.3, -0.25) is 14.6 Å². The van der Waals surface area contributed by atoms with Gasteiger partial charge in [0, 0.05) is 31.0 Å². The van der Waals surface area contributed by atoms with Crippen molar-refractivity contribution in [2.24, 2.45) is 0 Å². The van der Waals surface area contributed by atoms with Crippen molar-refractivity contribution < 1.29 is 9.59 Å². The second-order valence-electron chi connectivity index (χ2n) is 5.59. The van der Waals surface area contributed by atoms with E-state index in [1.807, 2.05) is 0 Å². The minimum absolute atomic E-state index is 0.139. The first kappa shape index (κ1) is 19.2. The van der Waals surface area contributed by atoms with Crippen LogP contribution in [0.2, 0.25) is 10.0 Å². The van der Waals surface area contributed by atoms with E-state index in [1.54, 1.807) is 36.2 Å². The Balaban J connectivity index is 2.13. The van der Waals surface area contributed by atoms with Gasteiger partial charge in [-0.15, -0.1) is 0 Å². The number of carbonyl (C=O) groups is 2. The SMILES string of the molecule is CCCCN(C)C(=O)c1ccnc(C(=O)Nc2ccc(Cl)c(Cl)c2)c1. The molecule has 2 aromatic rings. The number of pyridine rings is 1. The van der Waals surface area contributed by atoms with Crippen LogP contribution in [0.25, 0.3) is 0 Å². The highest BCUT2D eigenvalue weighted by Gasteiger charge is 2.15. The fourth-order valence-electron chi connectivity index (χ4n) is 2.17. The number of hydrogen-bond acceptors (Lipinski definition) is 3. The summed E-state index contributed by atoms with van der Waals surface area (Å²) in [4.78, 5) is 30.4. The van der Waals surface area contributed by atoms with Crippen LogP contribution in [0.15, 0.2) is 36.5 Å². The van der Waals surface area contributed by atoms with Gasteiger partial charge in [-0.05, 0) is 36.8 Å². The number of rotatable bonds is 6. The molecule has 2 amide bonds. The van der Waals surface area contributed by atoms with Crippen LogP contribution >= 0.6 is 23.2 Å². The van der Waals surface area contributed by atoms with E-state index in [1.165, 1.54) is 12.3 Å². The molecular formula is C18H19Cl2N3O2. The first-order chi connectivity index (χ1) is 11.9. The molecule has 0 bridgehead atoms. The molecule has 1 aromatic heterocycles. The molecule has 0 fully saturated rings. The highest BCUT2D eigenvalue weighted by molar-refractivity contribution is 6.42. The van der Waals surface area contributed by atoms with E-state index in [0.717, 1.165) is 12.8 Å². The highest BCUT2D eigenvalue weighted by atomic mass is 35.5. The number of anilines is 1. The summed E-state index contributed by atoms with van der Waals surface area (Å²) in [6.07, 6.45) is 3.38. The van der Waals surface area contributed by atoms with Crippen molar-refractivity contribution in [2.75, 3.05) is 18.9 Å². The molecule has 0 spiro atoms. The van der Waals surface area contributed by atoms with Crippen molar-refractivity contribution in [1.82, 2.24) is 9.88 Å². The van der Waals surface area contributed by atoms with Crippen LogP contribution in [-0.4, -0.2) is 35.3 Å². The smallest absolute Gasteiger partial charge is 0.274 e. The maximum Gasteiger partial charge on any atom is 0.274 e. The molecule has 2 rings (SSSR count). The number of halogens is 2. The van der Waals surface area contributed by atoms with E-state index < -0.39 is 5.91 Å². The Morgan fingerprint density at radius 3 is 2.60 bits per heavy atom. The fraction of sp³-hybridized carbons (Fsp3) is 0.278.